The molecule has 1 N–H and O–H groups in total. The van der Waals surface area contributed by atoms with Crippen molar-refractivity contribution in [2.24, 2.45) is 7.05 Å². The lowest BCUT2D eigenvalue weighted by Crippen LogP contribution is -3.09. The Morgan fingerprint density at radius 1 is 1.32 bits per heavy atom. The first-order chi connectivity index (χ1) is 12.1. The molecule has 0 radical (unpaired) electrons. The van der Waals surface area contributed by atoms with Gasteiger partial charge in [0, 0.05) is 30.5 Å². The fourth-order valence-electron chi connectivity index (χ4n) is 3.57. The van der Waals surface area contributed by atoms with Crippen LogP contribution in [0.2, 0.25) is 5.02 Å². The van der Waals surface area contributed by atoms with Crippen molar-refractivity contribution >= 4 is 35.2 Å². The number of likely N-dealkylation sites (tertiary alicyclic amines) is 1. The highest BCUT2D eigenvalue weighted by Crippen LogP contribution is 2.24. The molecule has 1 fully saturated rings. The molecule has 3 heterocycles. The summed E-state index contributed by atoms with van der Waals surface area (Å²) in [6, 6.07) is 12.7. The molecular formula is C18H20ClN4S2+. The van der Waals surface area contributed by atoms with Gasteiger partial charge in [0.1, 0.15) is 6.04 Å². The first kappa shape index (κ1) is 17.0. The number of hydrogen-bond donors (Lipinski definition) is 1. The molecule has 0 saturated carbocycles. The molecule has 3 aromatic rings. The zero-order chi connectivity index (χ0) is 17.4. The molecule has 130 valence electrons. The summed E-state index contributed by atoms with van der Waals surface area (Å²) in [6.45, 7) is 1.97. The van der Waals surface area contributed by atoms with Gasteiger partial charge in [-0.05, 0) is 47.9 Å². The van der Waals surface area contributed by atoms with Crippen LogP contribution < -0.4 is 4.90 Å². The minimum Gasteiger partial charge on any atom is -0.309 e. The maximum Gasteiger partial charge on any atom is 0.202 e. The van der Waals surface area contributed by atoms with Crippen LogP contribution in [0.4, 0.5) is 0 Å². The van der Waals surface area contributed by atoms with E-state index < -0.39 is 0 Å². The summed E-state index contributed by atoms with van der Waals surface area (Å²) in [5, 5.41) is 7.69. The quantitative estimate of drug-likeness (QED) is 0.686. The lowest BCUT2D eigenvalue weighted by Gasteiger charge is -2.20. The van der Waals surface area contributed by atoms with E-state index in [1.807, 2.05) is 51.9 Å². The van der Waals surface area contributed by atoms with E-state index in [1.165, 1.54) is 17.7 Å². The van der Waals surface area contributed by atoms with Gasteiger partial charge in [0.05, 0.1) is 11.4 Å². The number of nitrogens with one attached hydrogen (secondary N) is 1. The third kappa shape index (κ3) is 3.31. The van der Waals surface area contributed by atoms with Crippen LogP contribution in [0.5, 0.6) is 0 Å². The van der Waals surface area contributed by atoms with Crippen molar-refractivity contribution in [1.29, 1.82) is 0 Å². The Kier molecular flexibility index (Phi) is 4.78. The van der Waals surface area contributed by atoms with E-state index in [2.05, 4.69) is 17.5 Å². The number of rotatable bonds is 4. The zero-order valence-electron chi connectivity index (χ0n) is 14.0. The van der Waals surface area contributed by atoms with E-state index in [4.69, 9.17) is 28.9 Å². The smallest absolute Gasteiger partial charge is 0.202 e. The first-order valence-corrected chi connectivity index (χ1v) is 10.1. The van der Waals surface area contributed by atoms with Crippen LogP contribution in [0, 0.1) is 4.77 Å². The van der Waals surface area contributed by atoms with Crippen molar-refractivity contribution in [2.75, 3.05) is 6.54 Å². The molecule has 0 spiro atoms. The third-order valence-corrected chi connectivity index (χ3v) is 6.59. The summed E-state index contributed by atoms with van der Waals surface area (Å²) in [6.07, 6.45) is 2.49. The molecule has 0 bridgehead atoms. The van der Waals surface area contributed by atoms with Gasteiger partial charge in [-0.1, -0.05) is 17.7 Å². The van der Waals surface area contributed by atoms with Crippen LogP contribution >= 0.6 is 35.2 Å². The zero-order valence-corrected chi connectivity index (χ0v) is 16.4. The number of nitrogens with zero attached hydrogens (tertiary/aromatic N) is 3. The van der Waals surface area contributed by atoms with Gasteiger partial charge in [0.15, 0.2) is 12.5 Å². The van der Waals surface area contributed by atoms with Gasteiger partial charge in [0.25, 0.3) is 0 Å². The van der Waals surface area contributed by atoms with Gasteiger partial charge < -0.3 is 9.47 Å². The van der Waals surface area contributed by atoms with Gasteiger partial charge >= 0.3 is 0 Å². The second-order valence-electron chi connectivity index (χ2n) is 6.45. The predicted octanol–water partition coefficient (Wildman–Crippen LogP) is 3.71. The number of thiophene rings is 1. The van der Waals surface area contributed by atoms with Crippen LogP contribution in [0.1, 0.15) is 23.8 Å². The number of hydrogen-bond acceptors (Lipinski definition) is 3. The molecule has 2 atom stereocenters. The highest BCUT2D eigenvalue weighted by Gasteiger charge is 2.31. The van der Waals surface area contributed by atoms with E-state index in [9.17, 15) is 0 Å². The molecule has 1 aromatic carbocycles. The van der Waals surface area contributed by atoms with Crippen LogP contribution in [0.15, 0.2) is 41.8 Å². The van der Waals surface area contributed by atoms with Crippen molar-refractivity contribution in [3.8, 4) is 11.4 Å². The van der Waals surface area contributed by atoms with Crippen molar-refractivity contribution in [1.82, 2.24) is 14.3 Å². The summed E-state index contributed by atoms with van der Waals surface area (Å²) in [4.78, 5) is 3.01. The molecule has 7 heteroatoms. The van der Waals surface area contributed by atoms with Gasteiger partial charge in [-0.3, -0.25) is 0 Å². The van der Waals surface area contributed by atoms with E-state index >= 15 is 0 Å². The summed E-state index contributed by atoms with van der Waals surface area (Å²) >= 11 is 13.5. The molecule has 4 nitrogen and oxygen atoms in total. The second kappa shape index (κ2) is 7.03. The average Bonchev–Trinajstić information content (AvgIpc) is 3.33. The Labute approximate surface area is 161 Å². The van der Waals surface area contributed by atoms with Crippen LogP contribution in [-0.2, 0) is 13.7 Å². The summed E-state index contributed by atoms with van der Waals surface area (Å²) in [5.74, 6) is 0.882. The van der Waals surface area contributed by atoms with Crippen LogP contribution in [0.3, 0.4) is 0 Å². The van der Waals surface area contributed by atoms with Gasteiger partial charge in [0.2, 0.25) is 4.77 Å². The van der Waals surface area contributed by atoms with Crippen molar-refractivity contribution in [3.05, 3.63) is 56.4 Å². The average molecular weight is 392 g/mol. The molecule has 1 saturated heterocycles. The van der Waals surface area contributed by atoms with Gasteiger partial charge in [-0.15, -0.1) is 16.4 Å². The van der Waals surface area contributed by atoms with E-state index in [0.29, 0.717) is 6.04 Å². The van der Waals surface area contributed by atoms with Crippen LogP contribution in [0.25, 0.3) is 11.4 Å². The molecule has 2 aromatic heterocycles. The normalized spacial score (nSPS) is 20.2. The largest absolute Gasteiger partial charge is 0.309 e. The molecule has 1 aliphatic rings. The molecular weight excluding hydrogens is 372 g/mol. The summed E-state index contributed by atoms with van der Waals surface area (Å²) in [7, 11) is 1.98. The fourth-order valence-corrected chi connectivity index (χ4v) is 4.81. The number of benzene rings is 1. The second-order valence-corrected chi connectivity index (χ2v) is 8.23. The van der Waals surface area contributed by atoms with Crippen molar-refractivity contribution < 1.29 is 4.90 Å². The molecule has 1 unspecified atom stereocenters. The molecule has 4 rings (SSSR count). The van der Waals surface area contributed by atoms with E-state index in [1.54, 1.807) is 4.90 Å². The predicted molar refractivity (Wildman–Crippen MR) is 105 cm³/mol. The Morgan fingerprint density at radius 3 is 2.84 bits per heavy atom. The minimum absolute atomic E-state index is 0.558. The van der Waals surface area contributed by atoms with Crippen molar-refractivity contribution in [3.63, 3.8) is 0 Å². The highest BCUT2D eigenvalue weighted by atomic mass is 35.5. The van der Waals surface area contributed by atoms with Gasteiger partial charge in [-0.2, -0.15) is 4.68 Å². The standard InChI is InChI=1S/C18H19ClN4S2/c1-21-17(13-6-8-14(19)9-7-13)20-23(18(21)24)12-22-10-2-4-15(22)16-5-3-11-25-16/h3,5-9,11,15H,2,4,10,12H2,1H3/p+1/t15-/m1/s1. The maximum atomic E-state index is 6.00. The Morgan fingerprint density at radius 2 is 2.12 bits per heavy atom. The van der Waals surface area contributed by atoms with Crippen molar-refractivity contribution in [2.45, 2.75) is 25.6 Å². The lowest BCUT2D eigenvalue weighted by molar-refractivity contribution is -0.941. The Hall–Kier alpha value is -1.47. The summed E-state index contributed by atoms with van der Waals surface area (Å²) in [5.41, 5.74) is 1.03. The maximum absolute atomic E-state index is 6.00. The highest BCUT2D eigenvalue weighted by molar-refractivity contribution is 7.71. The monoisotopic (exact) mass is 391 g/mol. The lowest BCUT2D eigenvalue weighted by atomic mass is 10.2. The Balaban J connectivity index is 1.62. The Bertz CT molecular complexity index is 912. The number of halogens is 1. The fraction of sp³-hybridized carbons (Fsp3) is 0.333. The number of aromatic nitrogens is 3. The van der Waals surface area contributed by atoms with E-state index in [-0.39, 0.29) is 0 Å². The van der Waals surface area contributed by atoms with E-state index in [0.717, 1.165) is 34.4 Å². The molecule has 25 heavy (non-hydrogen) atoms. The summed E-state index contributed by atoms with van der Waals surface area (Å²) < 4.78 is 4.71. The van der Waals surface area contributed by atoms with Gasteiger partial charge in [-0.25, -0.2) is 0 Å². The first-order valence-electron chi connectivity index (χ1n) is 8.41. The SMILES string of the molecule is Cn1c(-c2ccc(Cl)cc2)nn(C[NH+]2CCC[C@@H]2c2cccs2)c1=S. The minimum atomic E-state index is 0.558. The molecule has 1 aliphatic heterocycles. The molecule has 0 aliphatic carbocycles. The topological polar surface area (TPSA) is 27.2 Å². The molecule has 0 amide bonds. The van der Waals surface area contributed by atoms with Crippen LogP contribution in [-0.4, -0.2) is 20.9 Å². The third-order valence-electron chi connectivity index (χ3n) is 4.87. The number of quaternary nitrogens is 1.